The molecule has 0 fully saturated rings. The largest absolute Gasteiger partial charge is 0.503 e. The Morgan fingerprint density at radius 3 is 2.43 bits per heavy atom. The number of hydrogen-bond donors (Lipinski definition) is 1. The fourth-order valence-electron chi connectivity index (χ4n) is 3.28. The molecule has 1 aliphatic heterocycles. The van der Waals surface area contributed by atoms with Crippen molar-refractivity contribution in [2.75, 3.05) is 6.61 Å². The summed E-state index contributed by atoms with van der Waals surface area (Å²) in [6.45, 7) is 7.89. The van der Waals surface area contributed by atoms with E-state index >= 15 is 0 Å². The topological polar surface area (TPSA) is 80.0 Å². The lowest BCUT2D eigenvalue weighted by Crippen LogP contribution is -2.32. The van der Waals surface area contributed by atoms with Crippen LogP contribution in [0, 0.1) is 5.41 Å². The average Bonchev–Trinajstić information content (AvgIpc) is 3.24. The smallest absolute Gasteiger partial charge is 0.290 e. The number of aliphatic hydroxyl groups excluding tert-OH is 1. The third-order valence-electron chi connectivity index (χ3n) is 4.64. The lowest BCUT2D eigenvalue weighted by atomic mass is 9.82. The van der Waals surface area contributed by atoms with Gasteiger partial charge in [-0.1, -0.05) is 32.9 Å². The van der Waals surface area contributed by atoms with Gasteiger partial charge in [0.2, 0.25) is 0 Å². The van der Waals surface area contributed by atoms with Crippen molar-refractivity contribution >= 4 is 11.7 Å². The fraction of sp³-hybridized carbons (Fsp3) is 0.364. The number of furan rings is 1. The molecule has 28 heavy (non-hydrogen) atoms. The summed E-state index contributed by atoms with van der Waals surface area (Å²) in [5.41, 5.74) is 0.0987. The van der Waals surface area contributed by atoms with E-state index in [1.807, 2.05) is 19.1 Å². The molecule has 2 heterocycles. The zero-order valence-corrected chi connectivity index (χ0v) is 16.6. The van der Waals surface area contributed by atoms with E-state index in [4.69, 9.17) is 9.15 Å². The van der Waals surface area contributed by atoms with E-state index in [-0.39, 0.29) is 17.9 Å². The van der Waals surface area contributed by atoms with Gasteiger partial charge in [-0.15, -0.1) is 0 Å². The molecule has 0 bridgehead atoms. The summed E-state index contributed by atoms with van der Waals surface area (Å²) in [7, 11) is 0. The lowest BCUT2D eigenvalue weighted by molar-refractivity contribution is -0.130. The Morgan fingerprint density at radius 2 is 1.89 bits per heavy atom. The molecule has 6 heteroatoms. The van der Waals surface area contributed by atoms with Crippen LogP contribution in [0.15, 0.2) is 58.4 Å². The first-order valence-electron chi connectivity index (χ1n) is 9.28. The maximum Gasteiger partial charge on any atom is 0.290 e. The van der Waals surface area contributed by atoms with E-state index in [0.29, 0.717) is 18.1 Å². The third kappa shape index (κ3) is 3.67. The number of carbonyl (C=O) groups excluding carboxylic acids is 2. The normalized spacial score (nSPS) is 17.4. The van der Waals surface area contributed by atoms with Crippen molar-refractivity contribution < 1.29 is 23.8 Å². The van der Waals surface area contributed by atoms with Crippen molar-refractivity contribution in [3.8, 4) is 5.75 Å². The Balaban J connectivity index is 2.05. The molecule has 0 radical (unpaired) electrons. The van der Waals surface area contributed by atoms with E-state index < -0.39 is 23.1 Å². The number of carbonyl (C=O) groups is 2. The number of ketones is 1. The van der Waals surface area contributed by atoms with Crippen molar-refractivity contribution in [1.29, 1.82) is 0 Å². The molecule has 1 aromatic heterocycles. The predicted molar refractivity (Wildman–Crippen MR) is 104 cm³/mol. The van der Waals surface area contributed by atoms with Crippen LogP contribution in [0.2, 0.25) is 0 Å². The van der Waals surface area contributed by atoms with Crippen molar-refractivity contribution in [3.63, 3.8) is 0 Å². The third-order valence-corrected chi connectivity index (χ3v) is 4.64. The average molecular weight is 383 g/mol. The second-order valence-electron chi connectivity index (χ2n) is 7.76. The Morgan fingerprint density at radius 1 is 1.21 bits per heavy atom. The highest BCUT2D eigenvalue weighted by atomic mass is 16.5. The molecule has 1 amide bonds. The molecule has 0 saturated heterocycles. The van der Waals surface area contributed by atoms with Crippen LogP contribution in [0.5, 0.6) is 5.75 Å². The van der Waals surface area contributed by atoms with Crippen molar-refractivity contribution in [1.82, 2.24) is 4.90 Å². The summed E-state index contributed by atoms with van der Waals surface area (Å²) in [5, 5.41) is 10.6. The van der Waals surface area contributed by atoms with Crippen molar-refractivity contribution in [3.05, 3.63) is 65.3 Å². The Hall–Kier alpha value is -3.02. The molecule has 0 saturated carbocycles. The molecule has 1 N–H and O–H groups in total. The summed E-state index contributed by atoms with van der Waals surface area (Å²) in [4.78, 5) is 27.4. The van der Waals surface area contributed by atoms with Gasteiger partial charge in [-0.2, -0.15) is 0 Å². The van der Waals surface area contributed by atoms with Gasteiger partial charge >= 0.3 is 0 Å². The van der Waals surface area contributed by atoms with Crippen LogP contribution in [0.1, 0.15) is 45.1 Å². The fourth-order valence-corrected chi connectivity index (χ4v) is 3.28. The standard InChI is InChI=1S/C22H25NO5/c1-5-27-15-10-8-14(9-11-15)18-17(20(25)22(2,3)4)19(24)21(26)23(18)13-16-7-6-12-28-16/h6-12,18,24H,5,13H2,1-4H3. The molecule has 0 aliphatic carbocycles. The highest BCUT2D eigenvalue weighted by molar-refractivity contribution is 6.10. The SMILES string of the molecule is CCOc1ccc(C2C(C(=O)C(C)(C)C)=C(O)C(=O)N2Cc2ccco2)cc1. The van der Waals surface area contributed by atoms with Gasteiger partial charge in [0.25, 0.3) is 5.91 Å². The molecule has 0 spiro atoms. The molecule has 1 unspecified atom stereocenters. The Bertz CT molecular complexity index is 888. The van der Waals surface area contributed by atoms with Gasteiger partial charge in [0.05, 0.1) is 31.0 Å². The van der Waals surface area contributed by atoms with E-state index in [2.05, 4.69) is 0 Å². The van der Waals surface area contributed by atoms with Crippen LogP contribution >= 0.6 is 0 Å². The number of nitrogens with zero attached hydrogens (tertiary/aromatic N) is 1. The van der Waals surface area contributed by atoms with E-state index in [0.717, 1.165) is 5.56 Å². The number of ether oxygens (including phenoxy) is 1. The molecule has 3 rings (SSSR count). The molecule has 148 valence electrons. The zero-order chi connectivity index (χ0) is 20.5. The Kier molecular flexibility index (Phi) is 5.31. The van der Waals surface area contributed by atoms with Gasteiger partial charge in [-0.05, 0) is 36.8 Å². The first-order chi connectivity index (χ1) is 13.2. The van der Waals surface area contributed by atoms with Crippen LogP contribution in [0.4, 0.5) is 0 Å². The number of rotatable bonds is 6. The highest BCUT2D eigenvalue weighted by Gasteiger charge is 2.46. The molecular formula is C22H25NO5. The maximum atomic E-state index is 13.1. The van der Waals surface area contributed by atoms with Gasteiger partial charge in [-0.3, -0.25) is 9.59 Å². The summed E-state index contributed by atoms with van der Waals surface area (Å²) < 4.78 is 10.9. The lowest BCUT2D eigenvalue weighted by Gasteiger charge is -2.28. The first-order valence-corrected chi connectivity index (χ1v) is 9.28. The number of aliphatic hydroxyl groups is 1. The minimum absolute atomic E-state index is 0.119. The second-order valence-corrected chi connectivity index (χ2v) is 7.76. The number of amides is 1. The summed E-state index contributed by atoms with van der Waals surface area (Å²) >= 11 is 0. The van der Waals surface area contributed by atoms with Gasteiger partial charge < -0.3 is 19.2 Å². The monoisotopic (exact) mass is 383 g/mol. The van der Waals surface area contributed by atoms with Crippen molar-refractivity contribution in [2.45, 2.75) is 40.3 Å². The number of hydrogen-bond acceptors (Lipinski definition) is 5. The summed E-state index contributed by atoms with van der Waals surface area (Å²) in [5.74, 6) is -0.0703. The van der Waals surface area contributed by atoms with Gasteiger partial charge in [0.15, 0.2) is 11.5 Å². The predicted octanol–water partition coefficient (Wildman–Crippen LogP) is 4.19. The minimum atomic E-state index is -0.742. The van der Waals surface area contributed by atoms with Gasteiger partial charge in [-0.25, -0.2) is 0 Å². The number of benzene rings is 1. The van der Waals surface area contributed by atoms with E-state index in [1.54, 1.807) is 45.0 Å². The summed E-state index contributed by atoms with van der Waals surface area (Å²) in [6.07, 6.45) is 1.52. The van der Waals surface area contributed by atoms with Gasteiger partial charge in [0.1, 0.15) is 11.5 Å². The zero-order valence-electron chi connectivity index (χ0n) is 16.6. The highest BCUT2D eigenvalue weighted by Crippen LogP contribution is 2.42. The molecule has 1 atom stereocenters. The van der Waals surface area contributed by atoms with Crippen LogP contribution in [-0.4, -0.2) is 28.3 Å². The molecule has 1 aliphatic rings. The van der Waals surface area contributed by atoms with Crippen LogP contribution in [-0.2, 0) is 16.1 Å². The van der Waals surface area contributed by atoms with E-state index in [9.17, 15) is 14.7 Å². The molecular weight excluding hydrogens is 358 g/mol. The van der Waals surface area contributed by atoms with Crippen LogP contribution in [0.3, 0.4) is 0 Å². The molecule has 2 aromatic rings. The first kappa shape index (κ1) is 19.7. The quantitative estimate of drug-likeness (QED) is 0.809. The van der Waals surface area contributed by atoms with Crippen LogP contribution in [0.25, 0.3) is 0 Å². The molecule has 1 aromatic carbocycles. The minimum Gasteiger partial charge on any atom is -0.503 e. The number of Topliss-reactive ketones (excluding diaryl/α,β-unsaturated/α-hetero) is 1. The summed E-state index contributed by atoms with van der Waals surface area (Å²) in [6, 6.07) is 10.0. The van der Waals surface area contributed by atoms with Gasteiger partial charge in [0, 0.05) is 5.41 Å². The second kappa shape index (κ2) is 7.54. The molecule has 6 nitrogen and oxygen atoms in total. The maximum absolute atomic E-state index is 13.1. The van der Waals surface area contributed by atoms with Crippen LogP contribution < -0.4 is 4.74 Å². The Labute approximate surface area is 164 Å². The van der Waals surface area contributed by atoms with E-state index in [1.165, 1.54) is 11.2 Å². The van der Waals surface area contributed by atoms with Crippen molar-refractivity contribution in [2.24, 2.45) is 5.41 Å².